The minimum Gasteiger partial charge on any atom is -0.454 e. The van der Waals surface area contributed by atoms with Crippen molar-refractivity contribution in [2.75, 3.05) is 19.7 Å². The highest BCUT2D eigenvalue weighted by Gasteiger charge is 2.31. The molecule has 2 atom stereocenters. The number of hydrogen-bond acceptors (Lipinski definition) is 5. The highest BCUT2D eigenvalue weighted by molar-refractivity contribution is 7.89. The first-order valence-electron chi connectivity index (χ1n) is 9.73. The first-order chi connectivity index (χ1) is 14.2. The van der Waals surface area contributed by atoms with Crippen LogP contribution in [0, 0.1) is 17.7 Å². The Morgan fingerprint density at radius 3 is 2.07 bits per heavy atom. The highest BCUT2D eigenvalue weighted by atomic mass is 32.2. The maximum Gasteiger partial charge on any atom is 0.338 e. The molecule has 0 unspecified atom stereocenters. The van der Waals surface area contributed by atoms with Gasteiger partial charge in [0, 0.05) is 18.7 Å². The Bertz CT molecular complexity index is 1010. The molecular formula is C22H24FNO5S. The van der Waals surface area contributed by atoms with Crippen molar-refractivity contribution in [2.24, 2.45) is 11.8 Å². The van der Waals surface area contributed by atoms with E-state index in [2.05, 4.69) is 0 Å². The van der Waals surface area contributed by atoms with Crippen LogP contribution in [0.1, 0.15) is 41.0 Å². The Morgan fingerprint density at radius 2 is 1.50 bits per heavy atom. The first kappa shape index (κ1) is 22.1. The van der Waals surface area contributed by atoms with Crippen LogP contribution in [0.5, 0.6) is 0 Å². The van der Waals surface area contributed by atoms with E-state index in [1.54, 1.807) is 0 Å². The van der Waals surface area contributed by atoms with Gasteiger partial charge in [0.25, 0.3) is 0 Å². The molecular weight excluding hydrogens is 409 g/mol. The van der Waals surface area contributed by atoms with E-state index in [0.717, 1.165) is 18.6 Å². The van der Waals surface area contributed by atoms with Crippen LogP contribution in [0.2, 0.25) is 0 Å². The summed E-state index contributed by atoms with van der Waals surface area (Å²) in [6.07, 6.45) is 0.993. The maximum absolute atomic E-state index is 12.9. The zero-order valence-corrected chi connectivity index (χ0v) is 17.7. The van der Waals surface area contributed by atoms with Crippen molar-refractivity contribution < 1.29 is 27.1 Å². The van der Waals surface area contributed by atoms with Crippen molar-refractivity contribution in [2.45, 2.75) is 25.2 Å². The third-order valence-electron chi connectivity index (χ3n) is 5.06. The van der Waals surface area contributed by atoms with Gasteiger partial charge in [-0.25, -0.2) is 17.6 Å². The second-order valence-corrected chi connectivity index (χ2v) is 9.74. The number of Topliss-reactive ketones (excluding diaryl/α,β-unsaturated/α-hetero) is 1. The van der Waals surface area contributed by atoms with Gasteiger partial charge in [-0.1, -0.05) is 13.8 Å². The van der Waals surface area contributed by atoms with E-state index in [4.69, 9.17) is 4.74 Å². The second-order valence-electron chi connectivity index (χ2n) is 7.80. The number of sulfonamides is 1. The molecule has 0 bridgehead atoms. The van der Waals surface area contributed by atoms with Gasteiger partial charge in [0.2, 0.25) is 10.0 Å². The van der Waals surface area contributed by atoms with Gasteiger partial charge in [-0.2, -0.15) is 4.31 Å². The summed E-state index contributed by atoms with van der Waals surface area (Å²) in [5, 5.41) is 0. The summed E-state index contributed by atoms with van der Waals surface area (Å²) >= 11 is 0. The first-order valence-corrected chi connectivity index (χ1v) is 11.2. The third kappa shape index (κ3) is 5.12. The van der Waals surface area contributed by atoms with Crippen LogP contribution in [-0.4, -0.2) is 44.2 Å². The van der Waals surface area contributed by atoms with E-state index in [9.17, 15) is 22.4 Å². The second kappa shape index (κ2) is 9.06. The molecule has 0 amide bonds. The lowest BCUT2D eigenvalue weighted by Gasteiger charge is -2.34. The van der Waals surface area contributed by atoms with Gasteiger partial charge in [0.15, 0.2) is 12.4 Å². The summed E-state index contributed by atoms with van der Waals surface area (Å²) in [4.78, 5) is 24.3. The van der Waals surface area contributed by atoms with Crippen molar-refractivity contribution in [3.05, 3.63) is 65.5 Å². The number of hydrogen-bond donors (Lipinski definition) is 0. The molecule has 2 aromatic rings. The standard InChI is InChI=1S/C22H24FNO5S/c1-15-11-16(2)13-24(12-15)30(27,28)20-9-5-18(6-10-20)22(26)29-14-21(25)17-3-7-19(23)8-4-17/h3-10,15-16H,11-14H2,1-2H3/t15-,16-/m1/s1. The molecule has 0 radical (unpaired) electrons. The smallest absolute Gasteiger partial charge is 0.338 e. The average Bonchev–Trinajstić information content (AvgIpc) is 2.71. The minimum absolute atomic E-state index is 0.114. The number of nitrogens with zero attached hydrogens (tertiary/aromatic N) is 1. The summed E-state index contributed by atoms with van der Waals surface area (Å²) in [6.45, 7) is 4.52. The fraction of sp³-hybridized carbons (Fsp3) is 0.364. The van der Waals surface area contributed by atoms with E-state index in [1.165, 1.54) is 40.7 Å². The van der Waals surface area contributed by atoms with Crippen molar-refractivity contribution in [1.82, 2.24) is 4.31 Å². The molecule has 1 heterocycles. The van der Waals surface area contributed by atoms with Crippen LogP contribution < -0.4 is 0 Å². The van der Waals surface area contributed by atoms with Gasteiger partial charge >= 0.3 is 5.97 Å². The van der Waals surface area contributed by atoms with Crippen LogP contribution >= 0.6 is 0 Å². The van der Waals surface area contributed by atoms with E-state index in [1.807, 2.05) is 13.8 Å². The fourth-order valence-corrected chi connectivity index (χ4v) is 5.33. The lowest BCUT2D eigenvalue weighted by Crippen LogP contribution is -2.42. The predicted molar refractivity (Wildman–Crippen MR) is 109 cm³/mol. The average molecular weight is 434 g/mol. The number of ether oxygens (including phenoxy) is 1. The Balaban J connectivity index is 1.64. The van der Waals surface area contributed by atoms with Gasteiger partial charge in [0.1, 0.15) is 5.82 Å². The number of ketones is 1. The SMILES string of the molecule is C[C@@H]1C[C@@H](C)CN(S(=O)(=O)c2ccc(C(=O)OCC(=O)c3ccc(F)cc3)cc2)C1. The lowest BCUT2D eigenvalue weighted by molar-refractivity contribution is 0.0474. The molecule has 0 aliphatic carbocycles. The highest BCUT2D eigenvalue weighted by Crippen LogP contribution is 2.26. The van der Waals surface area contributed by atoms with E-state index >= 15 is 0 Å². The van der Waals surface area contributed by atoms with Crippen molar-refractivity contribution in [3.63, 3.8) is 0 Å². The van der Waals surface area contributed by atoms with E-state index in [-0.39, 0.29) is 27.9 Å². The summed E-state index contributed by atoms with van der Waals surface area (Å²) in [7, 11) is -3.64. The van der Waals surface area contributed by atoms with Crippen molar-refractivity contribution >= 4 is 21.8 Å². The minimum atomic E-state index is -3.64. The number of benzene rings is 2. The predicted octanol–water partition coefficient (Wildman–Crippen LogP) is 3.53. The maximum atomic E-state index is 12.9. The van der Waals surface area contributed by atoms with Crippen LogP contribution in [-0.2, 0) is 14.8 Å². The number of rotatable bonds is 6. The Kier molecular flexibility index (Phi) is 6.67. The number of carbonyl (C=O) groups excluding carboxylic acids is 2. The molecule has 1 aliphatic heterocycles. The molecule has 0 N–H and O–H groups in total. The molecule has 30 heavy (non-hydrogen) atoms. The van der Waals surface area contributed by atoms with Gasteiger partial charge in [-0.3, -0.25) is 4.79 Å². The molecule has 0 spiro atoms. The number of esters is 1. The summed E-state index contributed by atoms with van der Waals surface area (Å²) in [6, 6.07) is 10.4. The zero-order valence-electron chi connectivity index (χ0n) is 16.9. The third-order valence-corrected chi connectivity index (χ3v) is 6.91. The normalized spacial score (nSPS) is 20.0. The molecule has 3 rings (SSSR count). The van der Waals surface area contributed by atoms with Crippen LogP contribution in [0.25, 0.3) is 0 Å². The van der Waals surface area contributed by atoms with Gasteiger partial charge in [-0.15, -0.1) is 0 Å². The zero-order chi connectivity index (χ0) is 21.9. The van der Waals surface area contributed by atoms with Crippen LogP contribution in [0.3, 0.4) is 0 Å². The summed E-state index contributed by atoms with van der Waals surface area (Å²) < 4.78 is 45.2. The van der Waals surface area contributed by atoms with Crippen LogP contribution in [0.15, 0.2) is 53.4 Å². The molecule has 0 saturated carbocycles. The molecule has 2 aromatic carbocycles. The largest absolute Gasteiger partial charge is 0.454 e. The molecule has 8 heteroatoms. The fourth-order valence-electron chi connectivity index (χ4n) is 3.65. The van der Waals surface area contributed by atoms with Crippen molar-refractivity contribution in [1.29, 1.82) is 0 Å². The Labute approximate surface area is 175 Å². The van der Waals surface area contributed by atoms with E-state index < -0.39 is 34.2 Å². The molecule has 160 valence electrons. The number of piperidine rings is 1. The van der Waals surface area contributed by atoms with E-state index in [0.29, 0.717) is 13.1 Å². The Hall–Kier alpha value is -2.58. The monoisotopic (exact) mass is 433 g/mol. The number of carbonyl (C=O) groups is 2. The molecule has 1 fully saturated rings. The topological polar surface area (TPSA) is 80.8 Å². The summed E-state index contributed by atoms with van der Waals surface area (Å²) in [5.74, 6) is -1.09. The van der Waals surface area contributed by atoms with Crippen LogP contribution in [0.4, 0.5) is 4.39 Å². The quantitative estimate of drug-likeness (QED) is 0.514. The molecule has 1 aliphatic rings. The van der Waals surface area contributed by atoms with Gasteiger partial charge in [-0.05, 0) is 66.8 Å². The molecule has 0 aromatic heterocycles. The van der Waals surface area contributed by atoms with Gasteiger partial charge in [0.05, 0.1) is 10.5 Å². The summed E-state index contributed by atoms with van der Waals surface area (Å²) in [5.41, 5.74) is 0.372. The Morgan fingerprint density at radius 1 is 0.967 bits per heavy atom. The molecule has 6 nitrogen and oxygen atoms in total. The molecule has 1 saturated heterocycles. The number of halogens is 1. The lowest BCUT2D eigenvalue weighted by atomic mass is 9.94. The van der Waals surface area contributed by atoms with Gasteiger partial charge < -0.3 is 4.74 Å². The van der Waals surface area contributed by atoms with Crippen molar-refractivity contribution in [3.8, 4) is 0 Å².